The molecule has 44 heavy (non-hydrogen) atoms. The number of nitrogens with one attached hydrogen (secondary N) is 3. The molecule has 0 fully saturated rings. The zero-order valence-electron chi connectivity index (χ0n) is 23.6. The number of alkyl halides is 3. The van der Waals surface area contributed by atoms with Crippen molar-refractivity contribution in [3.63, 3.8) is 0 Å². The molecule has 1 heterocycles. The number of halogens is 3. The molecule has 0 aliphatic rings. The number of benzene rings is 3. The molecule has 0 aliphatic carbocycles. The van der Waals surface area contributed by atoms with Crippen LogP contribution in [0, 0.1) is 0 Å². The number of hydrogen-bond acceptors (Lipinski definition) is 8. The summed E-state index contributed by atoms with van der Waals surface area (Å²) < 4.78 is 78.5. The highest BCUT2D eigenvalue weighted by atomic mass is 32.2. The Morgan fingerprint density at radius 2 is 1.77 bits per heavy atom. The van der Waals surface area contributed by atoms with Crippen LogP contribution in [0.4, 0.5) is 18.9 Å². The summed E-state index contributed by atoms with van der Waals surface area (Å²) in [5, 5.41) is 3.10. The van der Waals surface area contributed by atoms with Crippen LogP contribution in [0.25, 0.3) is 11.0 Å². The second kappa shape index (κ2) is 12.9. The van der Waals surface area contributed by atoms with Crippen molar-refractivity contribution < 1.29 is 40.7 Å². The van der Waals surface area contributed by atoms with Gasteiger partial charge in [0.1, 0.15) is 11.9 Å². The van der Waals surface area contributed by atoms with E-state index in [1.165, 1.54) is 53.1 Å². The van der Waals surface area contributed by atoms with E-state index < -0.39 is 39.5 Å². The first-order valence-corrected chi connectivity index (χ1v) is 14.7. The van der Waals surface area contributed by atoms with Crippen molar-refractivity contribution in [1.29, 1.82) is 0 Å². The Hall–Kier alpha value is -4.63. The summed E-state index contributed by atoms with van der Waals surface area (Å²) in [7, 11) is -4.00. The Morgan fingerprint density at radius 3 is 2.45 bits per heavy atom. The zero-order chi connectivity index (χ0) is 32.1. The lowest BCUT2D eigenvalue weighted by Gasteiger charge is -2.29. The average Bonchev–Trinajstić information content (AvgIpc) is 3.28. The minimum Gasteiger partial charge on any atom is -0.449 e. The molecule has 0 saturated heterocycles. The predicted octanol–water partition coefficient (Wildman–Crippen LogP) is 4.27. The van der Waals surface area contributed by atoms with Gasteiger partial charge in [-0.3, -0.25) is 14.1 Å². The van der Waals surface area contributed by atoms with Crippen LogP contribution in [0.3, 0.4) is 0 Å². The van der Waals surface area contributed by atoms with E-state index in [0.29, 0.717) is 17.5 Å². The smallest absolute Gasteiger partial charge is 0.449 e. The van der Waals surface area contributed by atoms with Gasteiger partial charge in [0.15, 0.2) is 0 Å². The summed E-state index contributed by atoms with van der Waals surface area (Å²) in [6.07, 6.45) is -6.38. The van der Waals surface area contributed by atoms with E-state index in [1.54, 1.807) is 38.1 Å². The first-order chi connectivity index (χ1) is 20.7. The molecular formula is C29H29F3N4O7S. The number of hydrogen-bond donors (Lipinski definition) is 3. The molecule has 0 aliphatic heterocycles. The number of carbonyl (C=O) groups is 2. The van der Waals surface area contributed by atoms with Crippen LogP contribution in [-0.4, -0.2) is 48.7 Å². The number of aromatic amines is 1. The number of aryl methyl sites for hydroxylation is 1. The Bertz CT molecular complexity index is 1800. The van der Waals surface area contributed by atoms with Crippen molar-refractivity contribution in [2.45, 2.75) is 49.5 Å². The quantitative estimate of drug-likeness (QED) is 0.146. The van der Waals surface area contributed by atoms with Crippen LogP contribution in [0.2, 0.25) is 0 Å². The largest absolute Gasteiger partial charge is 0.490 e. The van der Waals surface area contributed by atoms with Gasteiger partial charge in [0.05, 0.1) is 15.9 Å². The molecule has 11 nitrogen and oxygen atoms in total. The third-order valence-electron chi connectivity index (χ3n) is 6.70. The van der Waals surface area contributed by atoms with E-state index in [9.17, 15) is 36.0 Å². The number of esters is 1. The molecule has 0 spiro atoms. The minimum absolute atomic E-state index is 0.0158. The van der Waals surface area contributed by atoms with Crippen molar-refractivity contribution in [2.24, 2.45) is 0 Å². The van der Waals surface area contributed by atoms with E-state index in [4.69, 9.17) is 9.47 Å². The average molecular weight is 635 g/mol. The van der Waals surface area contributed by atoms with Gasteiger partial charge in [0.2, 0.25) is 0 Å². The number of aromatic nitrogens is 2. The fourth-order valence-corrected chi connectivity index (χ4v) is 5.45. The summed E-state index contributed by atoms with van der Waals surface area (Å²) >= 11 is 0. The standard InChI is InChI=1S/C29H29F3N4O7S/c1-28(2,13-14-36-24-12-11-21(42-18-37)16-23(24)34-27(36)39)33-17-25(43-26(38)29(30,31)32)19-7-6-8-20(15-19)35-44(40,41)22-9-4-3-5-10-22/h3-12,15-16,18,25,33,35H,13-14,17H2,1-2H3,(H,34,39). The monoisotopic (exact) mass is 634 g/mol. The van der Waals surface area contributed by atoms with Crippen molar-refractivity contribution >= 4 is 39.2 Å². The second-order valence-electron chi connectivity index (χ2n) is 10.4. The van der Waals surface area contributed by atoms with Crippen LogP contribution < -0.4 is 20.5 Å². The summed E-state index contributed by atoms with van der Waals surface area (Å²) in [5.74, 6) is -2.15. The number of sulfonamides is 1. The topological polar surface area (TPSA) is 149 Å². The third-order valence-corrected chi connectivity index (χ3v) is 8.10. The van der Waals surface area contributed by atoms with Crippen molar-refractivity contribution in [2.75, 3.05) is 11.3 Å². The molecule has 4 rings (SSSR count). The Kier molecular flexibility index (Phi) is 9.49. The fraction of sp³-hybridized carbons (Fsp3) is 0.276. The number of rotatable bonds is 13. The van der Waals surface area contributed by atoms with E-state index in [0.717, 1.165) is 0 Å². The highest BCUT2D eigenvalue weighted by Gasteiger charge is 2.42. The normalized spacial score (nSPS) is 12.9. The number of ether oxygens (including phenoxy) is 2. The molecule has 0 bridgehead atoms. The van der Waals surface area contributed by atoms with Crippen LogP contribution in [0.5, 0.6) is 5.75 Å². The highest BCUT2D eigenvalue weighted by molar-refractivity contribution is 7.92. The zero-order valence-corrected chi connectivity index (χ0v) is 24.4. The fourth-order valence-electron chi connectivity index (χ4n) is 4.38. The van der Waals surface area contributed by atoms with E-state index >= 15 is 0 Å². The van der Waals surface area contributed by atoms with Gasteiger partial charge in [0, 0.05) is 30.4 Å². The number of fused-ring (bicyclic) bond motifs is 1. The van der Waals surface area contributed by atoms with Gasteiger partial charge in [-0.25, -0.2) is 18.0 Å². The molecule has 1 unspecified atom stereocenters. The molecule has 0 radical (unpaired) electrons. The lowest BCUT2D eigenvalue weighted by atomic mass is 9.99. The van der Waals surface area contributed by atoms with E-state index in [-0.39, 0.29) is 41.5 Å². The predicted molar refractivity (Wildman–Crippen MR) is 155 cm³/mol. The Balaban J connectivity index is 1.51. The lowest BCUT2D eigenvalue weighted by Crippen LogP contribution is -2.44. The maximum Gasteiger partial charge on any atom is 0.490 e. The minimum atomic E-state index is -5.26. The number of carbonyl (C=O) groups excluding carboxylic acids is 2. The third kappa shape index (κ3) is 8.05. The van der Waals surface area contributed by atoms with Crippen LogP contribution in [-0.2, 0) is 30.9 Å². The SMILES string of the molecule is CC(C)(CCn1c(=O)[nH]c2cc(OC=O)ccc21)NCC(OC(=O)C(F)(F)F)c1cccc(NS(=O)(=O)c2ccccc2)c1. The molecule has 3 aromatic carbocycles. The van der Waals surface area contributed by atoms with Gasteiger partial charge in [-0.2, -0.15) is 13.2 Å². The van der Waals surface area contributed by atoms with Crippen LogP contribution in [0.15, 0.2) is 82.5 Å². The maximum absolute atomic E-state index is 13.2. The second-order valence-corrected chi connectivity index (χ2v) is 12.1. The van der Waals surface area contributed by atoms with Gasteiger partial charge in [-0.1, -0.05) is 30.3 Å². The summed E-state index contributed by atoms with van der Waals surface area (Å²) in [4.78, 5) is 37.7. The molecule has 15 heteroatoms. The van der Waals surface area contributed by atoms with Gasteiger partial charge >= 0.3 is 17.8 Å². The van der Waals surface area contributed by atoms with Gasteiger partial charge in [0.25, 0.3) is 16.5 Å². The van der Waals surface area contributed by atoms with Crippen molar-refractivity contribution in [1.82, 2.24) is 14.9 Å². The first-order valence-electron chi connectivity index (χ1n) is 13.2. The number of imidazole rings is 1. The Morgan fingerprint density at radius 1 is 1.05 bits per heavy atom. The van der Waals surface area contributed by atoms with Gasteiger partial charge in [-0.15, -0.1) is 0 Å². The molecule has 0 amide bonds. The van der Waals surface area contributed by atoms with E-state index in [2.05, 4.69) is 15.0 Å². The summed E-state index contributed by atoms with van der Waals surface area (Å²) in [5.41, 5.74) is -0.0259. The molecule has 1 aromatic heterocycles. The van der Waals surface area contributed by atoms with Gasteiger partial charge in [-0.05, 0) is 62.2 Å². The number of nitrogens with zero attached hydrogens (tertiary/aromatic N) is 1. The molecule has 3 N–H and O–H groups in total. The van der Waals surface area contributed by atoms with Crippen molar-refractivity contribution in [3.8, 4) is 5.75 Å². The Labute approximate surface area is 250 Å². The molecular weight excluding hydrogens is 605 g/mol. The number of anilines is 1. The maximum atomic E-state index is 13.2. The summed E-state index contributed by atoms with van der Waals surface area (Å²) in [6, 6.07) is 17.7. The number of H-pyrrole nitrogens is 1. The highest BCUT2D eigenvalue weighted by Crippen LogP contribution is 2.27. The molecule has 234 valence electrons. The van der Waals surface area contributed by atoms with Crippen LogP contribution >= 0.6 is 0 Å². The molecule has 0 saturated carbocycles. The van der Waals surface area contributed by atoms with Crippen LogP contribution in [0.1, 0.15) is 31.9 Å². The summed E-state index contributed by atoms with van der Waals surface area (Å²) in [6.45, 7) is 3.73. The first kappa shape index (κ1) is 32.3. The lowest BCUT2D eigenvalue weighted by molar-refractivity contribution is -0.205. The molecule has 4 aromatic rings. The van der Waals surface area contributed by atoms with Gasteiger partial charge < -0.3 is 19.8 Å². The molecule has 1 atom stereocenters. The van der Waals surface area contributed by atoms with E-state index in [1.807, 2.05) is 0 Å². The van der Waals surface area contributed by atoms with Crippen molar-refractivity contribution in [3.05, 3.63) is 88.8 Å².